The van der Waals surface area contributed by atoms with Gasteiger partial charge in [-0.05, 0) is 35.6 Å². The number of fused-ring (bicyclic) bond motifs is 1. The minimum atomic E-state index is 0.851. The van der Waals surface area contributed by atoms with E-state index in [4.69, 9.17) is 10.7 Å². The summed E-state index contributed by atoms with van der Waals surface area (Å²) >= 11 is 3.38. The first-order chi connectivity index (χ1) is 10.7. The maximum absolute atomic E-state index is 6.32. The molecule has 4 heteroatoms. The summed E-state index contributed by atoms with van der Waals surface area (Å²) in [6.07, 6.45) is 0. The Hall–Kier alpha value is -2.17. The van der Waals surface area contributed by atoms with Gasteiger partial charge in [-0.15, -0.1) is 22.7 Å². The highest BCUT2D eigenvalue weighted by Gasteiger charge is 2.15. The molecule has 1 aromatic carbocycles. The minimum Gasteiger partial charge on any atom is -0.397 e. The zero-order valence-corrected chi connectivity index (χ0v) is 13.7. The number of nitrogen functional groups attached to an aromatic ring is 1. The summed E-state index contributed by atoms with van der Waals surface area (Å²) in [4.78, 5) is 8.16. The molecule has 0 aliphatic heterocycles. The topological polar surface area (TPSA) is 38.9 Å². The Morgan fingerprint density at radius 2 is 1.86 bits per heavy atom. The molecule has 0 bridgehead atoms. The van der Waals surface area contributed by atoms with Crippen LogP contribution < -0.4 is 5.73 Å². The molecule has 0 saturated carbocycles. The second kappa shape index (κ2) is 5.23. The average Bonchev–Trinajstić information content (AvgIpc) is 3.17. The normalized spacial score (nSPS) is 11.1. The van der Waals surface area contributed by atoms with E-state index in [1.807, 2.05) is 6.07 Å². The summed E-state index contributed by atoms with van der Waals surface area (Å²) in [7, 11) is 0. The Kier molecular flexibility index (Phi) is 3.21. The van der Waals surface area contributed by atoms with E-state index >= 15 is 0 Å². The summed E-state index contributed by atoms with van der Waals surface area (Å²) < 4.78 is 0. The van der Waals surface area contributed by atoms with Gasteiger partial charge in [0, 0.05) is 10.3 Å². The Balaban J connectivity index is 2.08. The smallest absolute Gasteiger partial charge is 0.127 e. The fourth-order valence-corrected chi connectivity index (χ4v) is 4.28. The largest absolute Gasteiger partial charge is 0.397 e. The van der Waals surface area contributed by atoms with Gasteiger partial charge >= 0.3 is 0 Å². The van der Waals surface area contributed by atoms with E-state index in [0.29, 0.717) is 0 Å². The minimum absolute atomic E-state index is 0.851. The second-order valence-corrected chi connectivity index (χ2v) is 7.30. The molecule has 0 fully saturated rings. The SMILES string of the molecule is Cc1sc2nc(-c3cccs3)cc(-c3ccccc3)c2c1N. The Morgan fingerprint density at radius 1 is 1.05 bits per heavy atom. The highest BCUT2D eigenvalue weighted by molar-refractivity contribution is 7.19. The first-order valence-corrected chi connectivity index (χ1v) is 8.72. The van der Waals surface area contributed by atoms with E-state index in [9.17, 15) is 0 Å². The van der Waals surface area contributed by atoms with Crippen molar-refractivity contribution >= 4 is 38.6 Å². The van der Waals surface area contributed by atoms with E-state index in [1.54, 1.807) is 22.7 Å². The lowest BCUT2D eigenvalue weighted by atomic mass is 10.0. The molecule has 0 amide bonds. The number of pyridine rings is 1. The van der Waals surface area contributed by atoms with Crippen LogP contribution >= 0.6 is 22.7 Å². The van der Waals surface area contributed by atoms with Gasteiger partial charge in [0.2, 0.25) is 0 Å². The van der Waals surface area contributed by atoms with Gasteiger partial charge in [-0.3, -0.25) is 0 Å². The van der Waals surface area contributed by atoms with Crippen molar-refractivity contribution in [1.82, 2.24) is 4.98 Å². The predicted octanol–water partition coefficient (Wildman–Crippen LogP) is 5.58. The van der Waals surface area contributed by atoms with Crippen molar-refractivity contribution < 1.29 is 0 Å². The molecule has 0 saturated heterocycles. The molecule has 4 rings (SSSR count). The van der Waals surface area contributed by atoms with Crippen LogP contribution in [0.2, 0.25) is 0 Å². The maximum Gasteiger partial charge on any atom is 0.127 e. The zero-order chi connectivity index (χ0) is 15.1. The average molecular weight is 322 g/mol. The highest BCUT2D eigenvalue weighted by atomic mass is 32.1. The third-order valence-corrected chi connectivity index (χ3v) is 5.65. The van der Waals surface area contributed by atoms with Crippen LogP contribution in [0.15, 0.2) is 53.9 Å². The molecular weight excluding hydrogens is 308 g/mol. The third-order valence-electron chi connectivity index (χ3n) is 3.74. The van der Waals surface area contributed by atoms with Crippen molar-refractivity contribution in [3.8, 4) is 21.7 Å². The predicted molar refractivity (Wildman–Crippen MR) is 97.5 cm³/mol. The molecule has 0 unspecified atom stereocenters. The van der Waals surface area contributed by atoms with Crippen molar-refractivity contribution in [2.45, 2.75) is 6.92 Å². The second-order valence-electron chi connectivity index (χ2n) is 5.15. The molecule has 108 valence electrons. The van der Waals surface area contributed by atoms with Crippen molar-refractivity contribution in [3.63, 3.8) is 0 Å². The van der Waals surface area contributed by atoms with Crippen LogP contribution in [0.25, 0.3) is 31.9 Å². The maximum atomic E-state index is 6.32. The van der Waals surface area contributed by atoms with Gasteiger partial charge in [-0.1, -0.05) is 36.4 Å². The summed E-state index contributed by atoms with van der Waals surface area (Å²) in [5.74, 6) is 0. The Bertz CT molecular complexity index is 938. The molecule has 0 atom stereocenters. The number of benzene rings is 1. The van der Waals surface area contributed by atoms with Crippen molar-refractivity contribution in [3.05, 3.63) is 58.8 Å². The molecule has 0 radical (unpaired) electrons. The van der Waals surface area contributed by atoms with E-state index in [2.05, 4.69) is 54.8 Å². The molecule has 3 heterocycles. The number of aromatic nitrogens is 1. The van der Waals surface area contributed by atoms with Gasteiger partial charge in [-0.2, -0.15) is 0 Å². The van der Waals surface area contributed by atoms with Gasteiger partial charge in [0.1, 0.15) is 4.83 Å². The van der Waals surface area contributed by atoms with Crippen molar-refractivity contribution in [2.75, 3.05) is 5.73 Å². The number of hydrogen-bond donors (Lipinski definition) is 1. The van der Waals surface area contributed by atoms with Crippen LogP contribution in [0.1, 0.15) is 4.88 Å². The van der Waals surface area contributed by atoms with Gasteiger partial charge in [-0.25, -0.2) is 4.98 Å². The van der Waals surface area contributed by atoms with Gasteiger partial charge in [0.25, 0.3) is 0 Å². The molecule has 0 aliphatic rings. The van der Waals surface area contributed by atoms with E-state index in [0.717, 1.165) is 32.0 Å². The van der Waals surface area contributed by atoms with Crippen LogP contribution in [-0.2, 0) is 0 Å². The number of anilines is 1. The van der Waals surface area contributed by atoms with Gasteiger partial charge < -0.3 is 5.73 Å². The van der Waals surface area contributed by atoms with Crippen molar-refractivity contribution in [1.29, 1.82) is 0 Å². The third kappa shape index (κ3) is 2.12. The summed E-state index contributed by atoms with van der Waals surface area (Å²) in [6.45, 7) is 2.06. The fraction of sp³-hybridized carbons (Fsp3) is 0.0556. The molecule has 3 aromatic heterocycles. The zero-order valence-electron chi connectivity index (χ0n) is 12.0. The number of rotatable bonds is 2. The summed E-state index contributed by atoms with van der Waals surface area (Å²) in [6, 6.07) is 16.7. The Labute approximate surface area is 136 Å². The monoisotopic (exact) mass is 322 g/mol. The van der Waals surface area contributed by atoms with Gasteiger partial charge in [0.15, 0.2) is 0 Å². The van der Waals surface area contributed by atoms with Crippen LogP contribution in [-0.4, -0.2) is 4.98 Å². The number of hydrogen-bond acceptors (Lipinski definition) is 4. The molecular formula is C18H14N2S2. The van der Waals surface area contributed by atoms with Crippen molar-refractivity contribution in [2.24, 2.45) is 0 Å². The summed E-state index contributed by atoms with van der Waals surface area (Å²) in [5.41, 5.74) is 10.5. The molecule has 0 spiro atoms. The van der Waals surface area contributed by atoms with E-state index < -0.39 is 0 Å². The van der Waals surface area contributed by atoms with Crippen LogP contribution in [0, 0.1) is 6.92 Å². The molecule has 4 aromatic rings. The van der Waals surface area contributed by atoms with E-state index in [1.165, 1.54) is 10.4 Å². The standard InChI is InChI=1S/C18H14N2S2/c1-11-17(19)16-13(12-6-3-2-4-7-12)10-14(20-18(16)22-11)15-8-5-9-21-15/h2-10H,19H2,1H3. The number of nitrogens with zero attached hydrogens (tertiary/aromatic N) is 1. The lowest BCUT2D eigenvalue weighted by molar-refractivity contribution is 1.45. The first-order valence-electron chi connectivity index (χ1n) is 7.03. The Morgan fingerprint density at radius 3 is 2.59 bits per heavy atom. The first kappa shape index (κ1) is 13.5. The fourth-order valence-electron chi connectivity index (χ4n) is 2.63. The van der Waals surface area contributed by atoms with E-state index in [-0.39, 0.29) is 0 Å². The molecule has 22 heavy (non-hydrogen) atoms. The highest BCUT2D eigenvalue weighted by Crippen LogP contribution is 2.41. The number of nitrogens with two attached hydrogens (primary N) is 1. The number of thiophene rings is 2. The summed E-state index contributed by atoms with van der Waals surface area (Å²) in [5, 5.41) is 3.16. The lowest BCUT2D eigenvalue weighted by Gasteiger charge is -2.07. The van der Waals surface area contributed by atoms with Gasteiger partial charge in [0.05, 0.1) is 16.3 Å². The van der Waals surface area contributed by atoms with Crippen LogP contribution in [0.4, 0.5) is 5.69 Å². The van der Waals surface area contributed by atoms with Crippen LogP contribution in [0.3, 0.4) is 0 Å². The van der Waals surface area contributed by atoms with Crippen LogP contribution in [0.5, 0.6) is 0 Å². The molecule has 2 nitrogen and oxygen atoms in total. The lowest BCUT2D eigenvalue weighted by Crippen LogP contribution is -1.90. The quantitative estimate of drug-likeness (QED) is 0.523. The molecule has 0 aliphatic carbocycles. The molecule has 2 N–H and O–H groups in total. The number of aryl methyl sites for hydroxylation is 1.